The molecule has 0 spiro atoms. The van der Waals surface area contributed by atoms with Gasteiger partial charge in [0.2, 0.25) is 15.9 Å². The zero-order chi connectivity index (χ0) is 15.6. The molecule has 8 nitrogen and oxygen atoms in total. The first-order valence-electron chi connectivity index (χ1n) is 6.28. The van der Waals surface area contributed by atoms with Crippen LogP contribution in [0.3, 0.4) is 0 Å². The van der Waals surface area contributed by atoms with Gasteiger partial charge in [-0.15, -0.1) is 0 Å². The number of hydrogen-bond acceptors (Lipinski definition) is 6. The largest absolute Gasteiger partial charge is 0.461 e. The van der Waals surface area contributed by atoms with Crippen molar-refractivity contribution in [3.8, 4) is 0 Å². The van der Waals surface area contributed by atoms with Crippen molar-refractivity contribution in [2.45, 2.75) is 18.6 Å². The molecule has 0 saturated carbocycles. The van der Waals surface area contributed by atoms with Crippen LogP contribution in [0.2, 0.25) is 0 Å². The van der Waals surface area contributed by atoms with Crippen molar-refractivity contribution < 1.29 is 22.7 Å². The van der Waals surface area contributed by atoms with E-state index < -0.39 is 27.1 Å². The quantitative estimate of drug-likeness (QED) is 0.759. The van der Waals surface area contributed by atoms with E-state index in [1.54, 1.807) is 13.0 Å². The van der Waals surface area contributed by atoms with Gasteiger partial charge in [-0.1, -0.05) is 0 Å². The minimum Gasteiger partial charge on any atom is -0.461 e. The number of pyridine rings is 1. The first-order valence-corrected chi connectivity index (χ1v) is 7.89. The normalized spacial score (nSPS) is 18.9. The van der Waals surface area contributed by atoms with Crippen molar-refractivity contribution in [1.29, 1.82) is 0 Å². The van der Waals surface area contributed by atoms with Gasteiger partial charge < -0.3 is 9.64 Å². The monoisotopic (exact) mass is 313 g/mol. The van der Waals surface area contributed by atoms with Gasteiger partial charge in [0, 0.05) is 19.2 Å². The van der Waals surface area contributed by atoms with Gasteiger partial charge >= 0.3 is 5.97 Å². The molecular formula is C12H15N3O5S. The average Bonchev–Trinajstić information content (AvgIpc) is 2.81. The maximum absolute atomic E-state index is 12.0. The molecule has 1 aromatic heterocycles. The van der Waals surface area contributed by atoms with Crippen molar-refractivity contribution in [1.82, 2.24) is 4.98 Å². The molecule has 1 fully saturated rings. The highest BCUT2D eigenvalue weighted by atomic mass is 32.2. The number of amides is 1. The van der Waals surface area contributed by atoms with Crippen molar-refractivity contribution in [2.24, 2.45) is 5.14 Å². The lowest BCUT2D eigenvalue weighted by molar-refractivity contribution is -0.117. The third-order valence-corrected chi connectivity index (χ3v) is 4.35. The molecule has 1 atom stereocenters. The highest BCUT2D eigenvalue weighted by Gasteiger charge is 2.38. The summed E-state index contributed by atoms with van der Waals surface area (Å²) in [7, 11) is -3.82. The van der Waals surface area contributed by atoms with E-state index in [4.69, 9.17) is 9.88 Å². The summed E-state index contributed by atoms with van der Waals surface area (Å²) in [6.45, 7) is 1.72. The molecule has 2 rings (SSSR count). The predicted molar refractivity (Wildman–Crippen MR) is 74.1 cm³/mol. The Bertz CT molecular complexity index is 673. The fourth-order valence-corrected chi connectivity index (χ4v) is 2.83. The zero-order valence-corrected chi connectivity index (χ0v) is 12.2. The molecule has 0 aliphatic carbocycles. The number of nitrogens with zero attached hydrogens (tertiary/aromatic N) is 2. The Labute approximate surface area is 121 Å². The van der Waals surface area contributed by atoms with E-state index in [2.05, 4.69) is 4.98 Å². The van der Waals surface area contributed by atoms with E-state index in [0.29, 0.717) is 0 Å². The number of sulfonamides is 1. The topological polar surface area (TPSA) is 120 Å². The number of primary sulfonamides is 1. The van der Waals surface area contributed by atoms with Crippen LogP contribution >= 0.6 is 0 Å². The highest BCUT2D eigenvalue weighted by molar-refractivity contribution is 7.89. The summed E-state index contributed by atoms with van der Waals surface area (Å²) in [5, 5.41) is 4.09. The molecule has 0 aromatic carbocycles. The SMILES string of the molecule is CCOC(=O)c1ncccc1N1CC(S(N)(=O)=O)CC1=O. The second-order valence-electron chi connectivity index (χ2n) is 4.51. The smallest absolute Gasteiger partial charge is 0.359 e. The summed E-state index contributed by atoms with van der Waals surface area (Å²) in [6, 6.07) is 3.07. The molecule has 0 radical (unpaired) electrons. The van der Waals surface area contributed by atoms with Crippen LogP contribution in [-0.2, 0) is 19.6 Å². The summed E-state index contributed by atoms with van der Waals surface area (Å²) in [4.78, 5) is 28.9. The number of anilines is 1. The molecular weight excluding hydrogens is 298 g/mol. The van der Waals surface area contributed by atoms with Crippen LogP contribution in [0.1, 0.15) is 23.8 Å². The van der Waals surface area contributed by atoms with Gasteiger partial charge in [-0.05, 0) is 19.1 Å². The number of aromatic nitrogens is 1. The van der Waals surface area contributed by atoms with Crippen molar-refractivity contribution in [3.05, 3.63) is 24.0 Å². The minimum absolute atomic E-state index is 0.0252. The molecule has 21 heavy (non-hydrogen) atoms. The molecule has 2 heterocycles. The Morgan fingerprint density at radius 1 is 1.57 bits per heavy atom. The second-order valence-corrected chi connectivity index (χ2v) is 6.36. The molecule has 9 heteroatoms. The molecule has 1 aromatic rings. The van der Waals surface area contributed by atoms with Crippen LogP contribution in [-0.4, -0.2) is 43.7 Å². The number of rotatable bonds is 4. The van der Waals surface area contributed by atoms with Crippen LogP contribution in [0.15, 0.2) is 18.3 Å². The lowest BCUT2D eigenvalue weighted by Crippen LogP contribution is -2.33. The third kappa shape index (κ3) is 3.19. The second kappa shape index (κ2) is 5.78. The molecule has 1 amide bonds. The van der Waals surface area contributed by atoms with Crippen molar-refractivity contribution in [3.63, 3.8) is 0 Å². The van der Waals surface area contributed by atoms with Gasteiger partial charge in [-0.25, -0.2) is 23.3 Å². The fraction of sp³-hybridized carbons (Fsp3) is 0.417. The number of carbonyl (C=O) groups excluding carboxylic acids is 2. The Hall–Kier alpha value is -2.00. The van der Waals surface area contributed by atoms with E-state index >= 15 is 0 Å². The van der Waals surface area contributed by atoms with Gasteiger partial charge in [-0.3, -0.25) is 4.79 Å². The number of esters is 1. The Kier molecular flexibility index (Phi) is 4.24. The molecule has 1 saturated heterocycles. The average molecular weight is 313 g/mol. The maximum Gasteiger partial charge on any atom is 0.359 e. The Morgan fingerprint density at radius 3 is 2.86 bits per heavy atom. The molecule has 1 unspecified atom stereocenters. The standard InChI is InChI=1S/C12H15N3O5S/c1-2-20-12(17)11-9(4-3-5-14-11)15-7-8(6-10(15)16)21(13,18)19/h3-5,8H,2,6-7H2,1H3,(H2,13,18,19). The molecule has 114 valence electrons. The van der Waals surface area contributed by atoms with Gasteiger partial charge in [0.15, 0.2) is 5.69 Å². The summed E-state index contributed by atoms with van der Waals surface area (Å²) in [5.41, 5.74) is 0.204. The van der Waals surface area contributed by atoms with Crippen LogP contribution in [0.5, 0.6) is 0 Å². The molecule has 1 aliphatic rings. The summed E-state index contributed by atoms with van der Waals surface area (Å²) >= 11 is 0. The first-order chi connectivity index (χ1) is 9.84. The van der Waals surface area contributed by atoms with E-state index in [-0.39, 0.29) is 31.0 Å². The fourth-order valence-electron chi connectivity index (χ4n) is 2.10. The Morgan fingerprint density at radius 2 is 2.29 bits per heavy atom. The van der Waals surface area contributed by atoms with Gasteiger partial charge in [0.05, 0.1) is 12.3 Å². The first kappa shape index (κ1) is 15.4. The van der Waals surface area contributed by atoms with Crippen LogP contribution < -0.4 is 10.0 Å². The summed E-state index contributed by atoms with van der Waals surface area (Å²) in [5.74, 6) is -1.09. The van der Waals surface area contributed by atoms with Gasteiger partial charge in [0.25, 0.3) is 0 Å². The third-order valence-electron chi connectivity index (χ3n) is 3.10. The minimum atomic E-state index is -3.82. The molecule has 0 bridgehead atoms. The van der Waals surface area contributed by atoms with Crippen LogP contribution in [0.25, 0.3) is 0 Å². The maximum atomic E-state index is 12.0. The lowest BCUT2D eigenvalue weighted by atomic mass is 10.2. The van der Waals surface area contributed by atoms with E-state index in [0.717, 1.165) is 0 Å². The lowest BCUT2D eigenvalue weighted by Gasteiger charge is -2.18. The number of carbonyl (C=O) groups is 2. The number of hydrogen-bond donors (Lipinski definition) is 1. The van der Waals surface area contributed by atoms with Gasteiger partial charge in [0.1, 0.15) is 5.25 Å². The van der Waals surface area contributed by atoms with Crippen LogP contribution in [0.4, 0.5) is 5.69 Å². The van der Waals surface area contributed by atoms with Gasteiger partial charge in [-0.2, -0.15) is 0 Å². The van der Waals surface area contributed by atoms with Crippen molar-refractivity contribution in [2.75, 3.05) is 18.1 Å². The van der Waals surface area contributed by atoms with Crippen LogP contribution in [0, 0.1) is 0 Å². The number of ether oxygens (including phenoxy) is 1. The summed E-state index contributed by atoms with van der Waals surface area (Å²) in [6.07, 6.45) is 1.18. The molecule has 1 aliphatic heterocycles. The van der Waals surface area contributed by atoms with E-state index in [1.807, 2.05) is 0 Å². The number of nitrogens with two attached hydrogens (primary N) is 1. The summed E-state index contributed by atoms with van der Waals surface area (Å²) < 4.78 is 27.6. The Balaban J connectivity index is 2.35. The zero-order valence-electron chi connectivity index (χ0n) is 11.4. The van der Waals surface area contributed by atoms with E-state index in [9.17, 15) is 18.0 Å². The predicted octanol–water partition coefficient (Wildman–Crippen LogP) is -0.348. The highest BCUT2D eigenvalue weighted by Crippen LogP contribution is 2.26. The van der Waals surface area contributed by atoms with E-state index in [1.165, 1.54) is 17.2 Å². The van der Waals surface area contributed by atoms with Crippen molar-refractivity contribution >= 4 is 27.6 Å². The molecule has 2 N–H and O–H groups in total.